The number of likely N-dealkylation sites (N-methyl/N-ethyl adjacent to an activating group) is 1. The molecule has 1 amide bonds. The van der Waals surface area contributed by atoms with Gasteiger partial charge in [-0.3, -0.25) is 14.8 Å². The molecule has 2 aromatic rings. The first-order valence-corrected chi connectivity index (χ1v) is 5.38. The average molecular weight is 263 g/mol. The fraction of sp³-hybridized carbons (Fsp3) is 0.222. The molecule has 0 atom stereocenters. The van der Waals surface area contributed by atoms with Crippen molar-refractivity contribution in [2.45, 2.75) is 0 Å². The summed E-state index contributed by atoms with van der Waals surface area (Å²) in [4.78, 5) is 27.2. The van der Waals surface area contributed by atoms with Crippen molar-refractivity contribution in [3.63, 3.8) is 0 Å². The van der Waals surface area contributed by atoms with Crippen LogP contribution in [0.1, 0.15) is 0 Å². The van der Waals surface area contributed by atoms with Crippen LogP contribution in [0.4, 0.5) is 11.9 Å². The molecule has 10 nitrogen and oxygen atoms in total. The molecule has 0 bridgehead atoms. The van der Waals surface area contributed by atoms with Crippen molar-refractivity contribution < 1.29 is 4.79 Å². The van der Waals surface area contributed by atoms with E-state index in [0.29, 0.717) is 5.95 Å². The molecule has 19 heavy (non-hydrogen) atoms. The second-order valence-corrected chi connectivity index (χ2v) is 3.42. The predicted octanol–water partition coefficient (Wildman–Crippen LogP) is -1.50. The molecule has 0 aliphatic heterocycles. The average Bonchev–Trinajstić information content (AvgIpc) is 2.98. The summed E-state index contributed by atoms with van der Waals surface area (Å²) in [6.07, 6.45) is 4.81. The number of anilines is 2. The smallest absolute Gasteiger partial charge is 0.243 e. The molecule has 0 radical (unpaired) electrons. The molecule has 0 spiro atoms. The van der Waals surface area contributed by atoms with Gasteiger partial charge in [0.05, 0.1) is 6.54 Å². The van der Waals surface area contributed by atoms with Crippen molar-refractivity contribution in [1.82, 2.24) is 29.8 Å². The molecule has 0 aliphatic rings. The van der Waals surface area contributed by atoms with Gasteiger partial charge in [0, 0.05) is 19.4 Å². The third kappa shape index (κ3) is 3.13. The molecule has 2 rings (SSSR count). The summed E-state index contributed by atoms with van der Waals surface area (Å²) in [5.41, 5.74) is 2.33. The topological polar surface area (TPSA) is 136 Å². The van der Waals surface area contributed by atoms with E-state index in [1.54, 1.807) is 24.0 Å². The largest absolute Gasteiger partial charge is 0.358 e. The van der Waals surface area contributed by atoms with Gasteiger partial charge >= 0.3 is 0 Å². The Morgan fingerprint density at radius 3 is 2.79 bits per heavy atom. The number of rotatable bonds is 5. The summed E-state index contributed by atoms with van der Waals surface area (Å²) in [7, 11) is 1.54. The molecule has 2 heterocycles. The zero-order chi connectivity index (χ0) is 13.7. The Balaban J connectivity index is 2.23. The van der Waals surface area contributed by atoms with E-state index in [2.05, 4.69) is 36.0 Å². The molecule has 100 valence electrons. The molecule has 0 aromatic carbocycles. The summed E-state index contributed by atoms with van der Waals surface area (Å²) >= 11 is 0. The molecular weight excluding hydrogens is 250 g/mol. The van der Waals surface area contributed by atoms with Gasteiger partial charge in [0.25, 0.3) is 0 Å². The molecule has 0 saturated heterocycles. The summed E-state index contributed by atoms with van der Waals surface area (Å²) < 4.78 is 1.59. The van der Waals surface area contributed by atoms with Crippen molar-refractivity contribution in [1.29, 1.82) is 0 Å². The van der Waals surface area contributed by atoms with Crippen LogP contribution in [-0.2, 0) is 4.79 Å². The van der Waals surface area contributed by atoms with Gasteiger partial charge in [-0.25, -0.2) is 10.8 Å². The third-order valence-electron chi connectivity index (χ3n) is 2.17. The maximum Gasteiger partial charge on any atom is 0.243 e. The Hall–Kier alpha value is -2.75. The number of nitrogens with one attached hydrogen (secondary N) is 3. The van der Waals surface area contributed by atoms with Crippen LogP contribution in [0.15, 0.2) is 18.7 Å². The normalized spacial score (nSPS) is 10.0. The van der Waals surface area contributed by atoms with Crippen molar-refractivity contribution >= 4 is 17.8 Å². The first-order valence-electron chi connectivity index (χ1n) is 5.38. The highest BCUT2D eigenvalue weighted by Crippen LogP contribution is 2.07. The van der Waals surface area contributed by atoms with E-state index >= 15 is 0 Å². The number of aromatic nitrogens is 5. The first-order chi connectivity index (χ1) is 9.22. The van der Waals surface area contributed by atoms with Crippen LogP contribution in [0.3, 0.4) is 0 Å². The minimum atomic E-state index is -0.188. The molecule has 0 saturated carbocycles. The zero-order valence-corrected chi connectivity index (χ0v) is 10.2. The van der Waals surface area contributed by atoms with E-state index in [4.69, 9.17) is 5.84 Å². The van der Waals surface area contributed by atoms with Crippen LogP contribution in [0.5, 0.6) is 0 Å². The maximum absolute atomic E-state index is 11.2. The fourth-order valence-corrected chi connectivity index (χ4v) is 1.25. The van der Waals surface area contributed by atoms with Gasteiger partial charge in [0.2, 0.25) is 23.8 Å². The third-order valence-corrected chi connectivity index (χ3v) is 2.17. The summed E-state index contributed by atoms with van der Waals surface area (Å²) in [5, 5.41) is 5.25. The monoisotopic (exact) mass is 263 g/mol. The molecule has 0 aliphatic carbocycles. The van der Waals surface area contributed by atoms with Crippen molar-refractivity contribution in [3.8, 4) is 5.95 Å². The fourth-order valence-electron chi connectivity index (χ4n) is 1.25. The number of carbonyl (C=O) groups is 1. The number of nitrogens with zero attached hydrogens (tertiary/aromatic N) is 5. The standard InChI is InChI=1S/C9H13N9O/c1-11-6(19)4-13-7-14-8(17-10)16-9(15-7)18-3-2-12-5-18/h2-3,5H,4,10H2,1H3,(H,11,19)(H2,13,14,15,16,17). The van der Waals surface area contributed by atoms with E-state index in [0.717, 1.165) is 0 Å². The minimum Gasteiger partial charge on any atom is -0.358 e. The molecular formula is C9H13N9O. The van der Waals surface area contributed by atoms with Gasteiger partial charge in [0.1, 0.15) is 6.33 Å². The Morgan fingerprint density at radius 2 is 2.16 bits per heavy atom. The van der Waals surface area contributed by atoms with Crippen LogP contribution >= 0.6 is 0 Å². The van der Waals surface area contributed by atoms with Crippen LogP contribution in [-0.4, -0.2) is 44.0 Å². The number of nitrogen functional groups attached to an aromatic ring is 1. The minimum absolute atomic E-state index is 0.0495. The highest BCUT2D eigenvalue weighted by Gasteiger charge is 2.08. The molecule has 0 fully saturated rings. The summed E-state index contributed by atoms with van der Waals surface area (Å²) in [6, 6.07) is 0. The van der Waals surface area contributed by atoms with Crippen molar-refractivity contribution in [2.24, 2.45) is 5.84 Å². The van der Waals surface area contributed by atoms with E-state index < -0.39 is 0 Å². The van der Waals surface area contributed by atoms with Gasteiger partial charge in [-0.2, -0.15) is 15.0 Å². The summed E-state index contributed by atoms with van der Waals surface area (Å²) in [6.45, 7) is 0.0495. The molecule has 10 heteroatoms. The number of hydrogen-bond acceptors (Lipinski definition) is 8. The van der Waals surface area contributed by atoms with Gasteiger partial charge in [-0.05, 0) is 0 Å². The highest BCUT2D eigenvalue weighted by molar-refractivity contribution is 5.79. The zero-order valence-electron chi connectivity index (χ0n) is 10.2. The Morgan fingerprint density at radius 1 is 1.37 bits per heavy atom. The van der Waals surface area contributed by atoms with Crippen LogP contribution in [0.2, 0.25) is 0 Å². The van der Waals surface area contributed by atoms with Crippen LogP contribution < -0.4 is 21.9 Å². The lowest BCUT2D eigenvalue weighted by Gasteiger charge is -2.08. The number of hydrazine groups is 1. The Labute approximate surface area is 108 Å². The lowest BCUT2D eigenvalue weighted by Crippen LogP contribution is -2.27. The number of imidazole rings is 1. The summed E-state index contributed by atoms with van der Waals surface area (Å²) in [5.74, 6) is 5.84. The lowest BCUT2D eigenvalue weighted by atomic mass is 10.6. The predicted molar refractivity (Wildman–Crippen MR) is 67.3 cm³/mol. The lowest BCUT2D eigenvalue weighted by molar-refractivity contribution is -0.118. The van der Waals surface area contributed by atoms with E-state index in [-0.39, 0.29) is 24.3 Å². The van der Waals surface area contributed by atoms with Gasteiger partial charge in [0.15, 0.2) is 0 Å². The first kappa shape index (κ1) is 12.7. The van der Waals surface area contributed by atoms with Crippen LogP contribution in [0.25, 0.3) is 5.95 Å². The maximum atomic E-state index is 11.2. The van der Waals surface area contributed by atoms with Gasteiger partial charge < -0.3 is 10.6 Å². The van der Waals surface area contributed by atoms with Crippen LogP contribution in [0, 0.1) is 0 Å². The second kappa shape index (κ2) is 5.73. The molecule has 5 N–H and O–H groups in total. The Bertz CT molecular complexity index is 553. The highest BCUT2D eigenvalue weighted by atomic mass is 16.1. The number of hydrogen-bond donors (Lipinski definition) is 4. The van der Waals surface area contributed by atoms with E-state index in [9.17, 15) is 4.79 Å². The van der Waals surface area contributed by atoms with E-state index in [1.807, 2.05) is 0 Å². The number of nitrogens with two attached hydrogens (primary N) is 1. The SMILES string of the molecule is CNC(=O)CNc1nc(NN)nc(-n2ccnc2)n1. The van der Waals surface area contributed by atoms with Crippen molar-refractivity contribution in [3.05, 3.63) is 18.7 Å². The second-order valence-electron chi connectivity index (χ2n) is 3.42. The number of carbonyl (C=O) groups excluding carboxylic acids is 1. The van der Waals surface area contributed by atoms with Gasteiger partial charge in [-0.15, -0.1) is 0 Å². The van der Waals surface area contributed by atoms with E-state index in [1.165, 1.54) is 6.33 Å². The van der Waals surface area contributed by atoms with Gasteiger partial charge in [-0.1, -0.05) is 0 Å². The molecule has 2 aromatic heterocycles. The number of amides is 1. The molecule has 0 unspecified atom stereocenters. The van der Waals surface area contributed by atoms with Crippen molar-refractivity contribution in [2.75, 3.05) is 24.3 Å². The Kier molecular flexibility index (Phi) is 3.83. The quantitative estimate of drug-likeness (QED) is 0.378.